The average Bonchev–Trinajstić information content (AvgIpc) is 3.35. The number of rotatable bonds is 8. The molecule has 2 aromatic rings. The minimum absolute atomic E-state index is 0.278. The Labute approximate surface area is 202 Å². The van der Waals surface area contributed by atoms with E-state index in [4.69, 9.17) is 14.6 Å². The van der Waals surface area contributed by atoms with Crippen LogP contribution in [0.25, 0.3) is 17.2 Å². The van der Waals surface area contributed by atoms with E-state index in [1.807, 2.05) is 0 Å². The van der Waals surface area contributed by atoms with Crippen molar-refractivity contribution >= 4 is 15.6 Å². The largest absolute Gasteiger partial charge is 0.332 e. The SMILES string of the molecule is CCn1nc(-c2nc(C3=CC(C)C(CCCNS(C)(=O)=O)C(C)=C3)no2)c2c1CC(C)(C)CC2. The average molecular weight is 488 g/mol. The van der Waals surface area contributed by atoms with E-state index in [1.54, 1.807) is 0 Å². The molecule has 1 N–H and O–H groups in total. The van der Waals surface area contributed by atoms with Crippen molar-refractivity contribution in [1.29, 1.82) is 0 Å². The van der Waals surface area contributed by atoms with Gasteiger partial charge >= 0.3 is 0 Å². The first-order chi connectivity index (χ1) is 16.0. The molecule has 0 amide bonds. The molecular formula is C25H37N5O3S. The predicted molar refractivity (Wildman–Crippen MR) is 133 cm³/mol. The van der Waals surface area contributed by atoms with E-state index in [0.29, 0.717) is 30.1 Å². The van der Waals surface area contributed by atoms with Crippen LogP contribution in [0, 0.1) is 17.3 Å². The molecule has 34 heavy (non-hydrogen) atoms. The molecule has 0 radical (unpaired) electrons. The van der Waals surface area contributed by atoms with E-state index in [-0.39, 0.29) is 5.41 Å². The molecule has 4 rings (SSSR count). The molecule has 8 nitrogen and oxygen atoms in total. The fourth-order valence-electron chi connectivity index (χ4n) is 5.29. The lowest BCUT2D eigenvalue weighted by atomic mass is 9.76. The molecule has 0 aromatic carbocycles. The van der Waals surface area contributed by atoms with Crippen LogP contribution in [0.1, 0.15) is 71.0 Å². The number of nitrogens with one attached hydrogen (secondary N) is 1. The zero-order valence-corrected chi connectivity index (χ0v) is 22.0. The first kappa shape index (κ1) is 24.9. The van der Waals surface area contributed by atoms with Gasteiger partial charge in [-0.25, -0.2) is 13.1 Å². The normalized spacial score (nSPS) is 22.3. The molecule has 2 aliphatic rings. The van der Waals surface area contributed by atoms with Crippen molar-refractivity contribution < 1.29 is 12.9 Å². The van der Waals surface area contributed by atoms with Crippen molar-refractivity contribution in [3.63, 3.8) is 0 Å². The number of hydrogen-bond acceptors (Lipinski definition) is 6. The number of aromatic nitrogens is 4. The third-order valence-electron chi connectivity index (χ3n) is 7.15. The summed E-state index contributed by atoms with van der Waals surface area (Å²) in [5.74, 6) is 1.75. The smallest absolute Gasteiger partial charge is 0.279 e. The molecule has 0 spiro atoms. The third kappa shape index (κ3) is 5.35. The Balaban J connectivity index is 1.51. The summed E-state index contributed by atoms with van der Waals surface area (Å²) in [4.78, 5) is 4.75. The van der Waals surface area contributed by atoms with E-state index < -0.39 is 10.0 Å². The maximum atomic E-state index is 11.3. The Morgan fingerprint density at radius 2 is 2.09 bits per heavy atom. The van der Waals surface area contributed by atoms with Crippen LogP contribution >= 0.6 is 0 Å². The topological polar surface area (TPSA) is 103 Å². The maximum absolute atomic E-state index is 11.3. The second kappa shape index (κ2) is 9.41. The highest BCUT2D eigenvalue weighted by atomic mass is 32.2. The number of nitrogens with zero attached hydrogens (tertiary/aromatic N) is 4. The molecule has 186 valence electrons. The predicted octanol–water partition coefficient (Wildman–Crippen LogP) is 4.39. The number of allylic oxidation sites excluding steroid dienone is 4. The zero-order chi connectivity index (χ0) is 24.7. The van der Waals surface area contributed by atoms with Gasteiger partial charge in [0.15, 0.2) is 5.69 Å². The first-order valence-corrected chi connectivity index (χ1v) is 14.1. The van der Waals surface area contributed by atoms with Crippen LogP contribution < -0.4 is 4.72 Å². The summed E-state index contributed by atoms with van der Waals surface area (Å²) in [6, 6.07) is 0. The molecule has 0 bridgehead atoms. The van der Waals surface area contributed by atoms with Gasteiger partial charge in [-0.1, -0.05) is 43.7 Å². The van der Waals surface area contributed by atoms with Crippen molar-refractivity contribution in [2.24, 2.45) is 17.3 Å². The number of fused-ring (bicyclic) bond motifs is 1. The third-order valence-corrected chi connectivity index (χ3v) is 7.88. The minimum Gasteiger partial charge on any atom is -0.332 e. The van der Waals surface area contributed by atoms with Gasteiger partial charge in [0.1, 0.15) is 0 Å². The molecular weight excluding hydrogens is 450 g/mol. The lowest BCUT2D eigenvalue weighted by Crippen LogP contribution is -2.24. The summed E-state index contributed by atoms with van der Waals surface area (Å²) in [6.45, 7) is 12.3. The van der Waals surface area contributed by atoms with E-state index >= 15 is 0 Å². The van der Waals surface area contributed by atoms with Gasteiger partial charge in [0.05, 0.1) is 6.26 Å². The number of hydrogen-bond donors (Lipinski definition) is 1. The van der Waals surface area contributed by atoms with Gasteiger partial charge in [0, 0.05) is 29.9 Å². The van der Waals surface area contributed by atoms with Gasteiger partial charge in [0.2, 0.25) is 15.8 Å². The van der Waals surface area contributed by atoms with Gasteiger partial charge in [0.25, 0.3) is 5.89 Å². The standard InChI is InChI=1S/C25H37N5O3S/c1-7-30-21-15-25(4,5)11-10-20(21)22(28-30)24-27-23(29-33-24)18-13-16(2)19(17(3)14-18)9-8-12-26-34(6,31)32/h13-14,16,19,26H,7-12,15H2,1-6H3. The lowest BCUT2D eigenvalue weighted by molar-refractivity contribution is 0.304. The van der Waals surface area contributed by atoms with E-state index in [2.05, 4.69) is 61.3 Å². The second-order valence-electron chi connectivity index (χ2n) is 10.6. The number of aryl methyl sites for hydroxylation is 1. The highest BCUT2D eigenvalue weighted by molar-refractivity contribution is 7.88. The van der Waals surface area contributed by atoms with Crippen LogP contribution in [0.15, 0.2) is 22.2 Å². The Morgan fingerprint density at radius 1 is 1.32 bits per heavy atom. The zero-order valence-electron chi connectivity index (χ0n) is 21.2. The summed E-state index contributed by atoms with van der Waals surface area (Å²) in [7, 11) is -3.14. The van der Waals surface area contributed by atoms with Crippen LogP contribution in [-0.4, -0.2) is 41.1 Å². The van der Waals surface area contributed by atoms with Gasteiger partial charge in [-0.15, -0.1) is 0 Å². The summed E-state index contributed by atoms with van der Waals surface area (Å²) < 4.78 is 32.9. The molecule has 0 saturated heterocycles. The van der Waals surface area contributed by atoms with Crippen molar-refractivity contribution in [1.82, 2.24) is 24.6 Å². The highest BCUT2D eigenvalue weighted by Crippen LogP contribution is 2.39. The van der Waals surface area contributed by atoms with Crippen LogP contribution in [0.2, 0.25) is 0 Å². The van der Waals surface area contributed by atoms with Crippen LogP contribution in [0.3, 0.4) is 0 Å². The molecule has 2 aromatic heterocycles. The Bertz CT molecular complexity index is 1220. The fraction of sp³-hybridized carbons (Fsp3) is 0.640. The van der Waals surface area contributed by atoms with Gasteiger partial charge in [-0.3, -0.25) is 4.68 Å². The lowest BCUT2D eigenvalue weighted by Gasteiger charge is -2.30. The summed E-state index contributed by atoms with van der Waals surface area (Å²) in [5.41, 5.74) is 5.87. The Morgan fingerprint density at radius 3 is 2.76 bits per heavy atom. The van der Waals surface area contributed by atoms with Crippen LogP contribution in [0.4, 0.5) is 0 Å². The summed E-state index contributed by atoms with van der Waals surface area (Å²) in [6.07, 6.45) is 10.3. The van der Waals surface area contributed by atoms with Crippen molar-refractivity contribution in [3.05, 3.63) is 34.8 Å². The molecule has 0 fully saturated rings. The fourth-order valence-corrected chi connectivity index (χ4v) is 5.81. The van der Waals surface area contributed by atoms with Crippen molar-refractivity contribution in [2.45, 2.75) is 73.3 Å². The molecule has 2 aliphatic carbocycles. The Kier molecular flexibility index (Phi) is 6.88. The van der Waals surface area contributed by atoms with Crippen molar-refractivity contribution in [2.75, 3.05) is 12.8 Å². The van der Waals surface area contributed by atoms with Gasteiger partial charge in [-0.2, -0.15) is 10.1 Å². The van der Waals surface area contributed by atoms with Crippen molar-refractivity contribution in [3.8, 4) is 11.6 Å². The van der Waals surface area contributed by atoms with Gasteiger partial charge in [-0.05, 0) is 63.2 Å². The Hall–Kier alpha value is -2.26. The second-order valence-corrected chi connectivity index (χ2v) is 12.5. The molecule has 0 aliphatic heterocycles. The quantitative estimate of drug-likeness (QED) is 0.554. The minimum atomic E-state index is -3.14. The molecule has 0 saturated carbocycles. The number of sulfonamides is 1. The monoisotopic (exact) mass is 487 g/mol. The summed E-state index contributed by atoms with van der Waals surface area (Å²) >= 11 is 0. The van der Waals surface area contributed by atoms with Gasteiger partial charge < -0.3 is 4.52 Å². The van der Waals surface area contributed by atoms with E-state index in [1.165, 1.54) is 23.1 Å². The van der Waals surface area contributed by atoms with Crippen LogP contribution in [-0.2, 0) is 29.4 Å². The molecule has 2 heterocycles. The maximum Gasteiger partial charge on any atom is 0.279 e. The summed E-state index contributed by atoms with van der Waals surface area (Å²) in [5, 5.41) is 9.14. The van der Waals surface area contributed by atoms with E-state index in [9.17, 15) is 8.42 Å². The molecule has 2 atom stereocenters. The first-order valence-electron chi connectivity index (χ1n) is 12.2. The van der Waals surface area contributed by atoms with Crippen LogP contribution in [0.5, 0.6) is 0 Å². The van der Waals surface area contributed by atoms with E-state index in [0.717, 1.165) is 49.9 Å². The highest BCUT2D eigenvalue weighted by Gasteiger charge is 2.33. The molecule has 2 unspecified atom stereocenters. The molecule has 9 heteroatoms.